The Morgan fingerprint density at radius 3 is 2.55 bits per heavy atom. The molecule has 0 atom stereocenters. The van der Waals surface area contributed by atoms with Gasteiger partial charge in [-0.15, -0.1) is 11.3 Å². The third-order valence-electron chi connectivity index (χ3n) is 4.59. The first-order chi connectivity index (χ1) is 15.5. The average Bonchev–Trinajstić information content (AvgIpc) is 3.36. The SMILES string of the molecule is Cn1ccc(S(=O)(=O)Nc2cccc(-c3nc(C(C)(C)C)sc3-c3ccnc(Cl)n3)c2F)n1. The molecule has 0 unspecified atom stereocenters. The zero-order valence-corrected chi connectivity index (χ0v) is 20.6. The van der Waals surface area contributed by atoms with Crippen molar-refractivity contribution in [1.82, 2.24) is 24.7 Å². The second-order valence-electron chi connectivity index (χ2n) is 8.26. The quantitative estimate of drug-likeness (QED) is 0.386. The summed E-state index contributed by atoms with van der Waals surface area (Å²) in [6.45, 7) is 6.00. The summed E-state index contributed by atoms with van der Waals surface area (Å²) in [5, 5.41) is 4.50. The van der Waals surface area contributed by atoms with Crippen LogP contribution in [0.3, 0.4) is 0 Å². The van der Waals surface area contributed by atoms with Gasteiger partial charge in [0.2, 0.25) is 5.28 Å². The molecule has 8 nitrogen and oxygen atoms in total. The molecule has 1 N–H and O–H groups in total. The molecular weight excluding hydrogens is 487 g/mol. The van der Waals surface area contributed by atoms with Crippen molar-refractivity contribution in [1.29, 1.82) is 0 Å². The number of benzene rings is 1. The number of hydrogen-bond donors (Lipinski definition) is 1. The van der Waals surface area contributed by atoms with Gasteiger partial charge in [-0.2, -0.15) is 13.5 Å². The normalized spacial score (nSPS) is 12.2. The Kier molecular flexibility index (Phi) is 5.97. The van der Waals surface area contributed by atoms with Crippen LogP contribution < -0.4 is 4.72 Å². The molecule has 33 heavy (non-hydrogen) atoms. The van der Waals surface area contributed by atoms with E-state index in [4.69, 9.17) is 16.6 Å². The van der Waals surface area contributed by atoms with E-state index in [1.54, 1.807) is 25.2 Å². The molecule has 0 aliphatic rings. The van der Waals surface area contributed by atoms with E-state index in [0.717, 1.165) is 5.01 Å². The number of aromatic nitrogens is 5. The summed E-state index contributed by atoms with van der Waals surface area (Å²) >= 11 is 7.35. The summed E-state index contributed by atoms with van der Waals surface area (Å²) in [6, 6.07) is 7.44. The van der Waals surface area contributed by atoms with Gasteiger partial charge in [0.05, 0.1) is 27.0 Å². The summed E-state index contributed by atoms with van der Waals surface area (Å²) in [5.74, 6) is -0.760. The van der Waals surface area contributed by atoms with Crippen LogP contribution in [-0.2, 0) is 22.5 Å². The average molecular weight is 507 g/mol. The van der Waals surface area contributed by atoms with Gasteiger partial charge in [-0.1, -0.05) is 26.8 Å². The van der Waals surface area contributed by atoms with E-state index in [2.05, 4.69) is 19.8 Å². The van der Waals surface area contributed by atoms with Gasteiger partial charge in [-0.3, -0.25) is 9.40 Å². The Hall–Kier alpha value is -2.89. The third kappa shape index (κ3) is 4.75. The number of thiazole rings is 1. The summed E-state index contributed by atoms with van der Waals surface area (Å²) in [4.78, 5) is 13.5. The van der Waals surface area contributed by atoms with Gasteiger partial charge >= 0.3 is 0 Å². The minimum atomic E-state index is -4.08. The molecule has 0 fully saturated rings. The van der Waals surface area contributed by atoms with E-state index in [0.29, 0.717) is 16.3 Å². The van der Waals surface area contributed by atoms with Crippen molar-refractivity contribution in [3.8, 4) is 21.8 Å². The molecule has 0 bridgehead atoms. The molecule has 1 aromatic carbocycles. The third-order valence-corrected chi connectivity index (χ3v) is 7.53. The number of nitrogens with one attached hydrogen (secondary N) is 1. The van der Waals surface area contributed by atoms with E-state index >= 15 is 4.39 Å². The molecule has 3 aromatic heterocycles. The maximum atomic E-state index is 15.6. The van der Waals surface area contributed by atoms with Crippen LogP contribution in [0.4, 0.5) is 10.1 Å². The van der Waals surface area contributed by atoms with Crippen LogP contribution in [-0.4, -0.2) is 33.2 Å². The fourth-order valence-corrected chi connectivity index (χ4v) is 5.27. The molecule has 12 heteroatoms. The van der Waals surface area contributed by atoms with Crippen molar-refractivity contribution in [2.45, 2.75) is 31.2 Å². The molecule has 0 aliphatic carbocycles. The molecule has 0 saturated heterocycles. The van der Waals surface area contributed by atoms with Crippen molar-refractivity contribution in [2.24, 2.45) is 7.05 Å². The van der Waals surface area contributed by atoms with Crippen molar-refractivity contribution in [3.05, 3.63) is 58.8 Å². The smallest absolute Gasteiger partial charge is 0.275 e. The highest BCUT2D eigenvalue weighted by atomic mass is 35.5. The molecule has 172 valence electrons. The second kappa shape index (κ2) is 8.47. The fraction of sp³-hybridized carbons (Fsp3) is 0.238. The number of halogens is 2. The Labute approximate surface area is 199 Å². The van der Waals surface area contributed by atoms with Gasteiger partial charge in [0, 0.05) is 30.4 Å². The highest BCUT2D eigenvalue weighted by molar-refractivity contribution is 7.92. The Morgan fingerprint density at radius 2 is 1.91 bits per heavy atom. The lowest BCUT2D eigenvalue weighted by atomic mass is 9.98. The Bertz CT molecular complexity index is 1440. The van der Waals surface area contributed by atoms with Crippen molar-refractivity contribution in [3.63, 3.8) is 0 Å². The summed E-state index contributed by atoms with van der Waals surface area (Å²) < 4.78 is 44.6. The van der Waals surface area contributed by atoms with Crippen molar-refractivity contribution < 1.29 is 12.8 Å². The van der Waals surface area contributed by atoms with Gasteiger partial charge in [0.1, 0.15) is 0 Å². The highest BCUT2D eigenvalue weighted by Gasteiger charge is 2.27. The van der Waals surface area contributed by atoms with E-state index in [9.17, 15) is 8.42 Å². The predicted molar refractivity (Wildman–Crippen MR) is 126 cm³/mol. The van der Waals surface area contributed by atoms with Crippen molar-refractivity contribution in [2.75, 3.05) is 4.72 Å². The summed E-state index contributed by atoms with van der Waals surface area (Å²) in [7, 11) is -2.48. The minimum absolute atomic E-state index is 0.0569. The van der Waals surface area contributed by atoms with Crippen LogP contribution in [0.2, 0.25) is 5.28 Å². The van der Waals surface area contributed by atoms with Crippen LogP contribution in [0.5, 0.6) is 0 Å². The molecule has 3 heterocycles. The van der Waals surface area contributed by atoms with Gasteiger partial charge in [0.15, 0.2) is 10.8 Å². The second-order valence-corrected chi connectivity index (χ2v) is 11.2. The molecular formula is C21H20ClFN6O2S2. The maximum Gasteiger partial charge on any atom is 0.281 e. The molecule has 0 spiro atoms. The molecule has 0 radical (unpaired) electrons. The first-order valence-electron chi connectivity index (χ1n) is 9.77. The molecule has 4 rings (SSSR count). The van der Waals surface area contributed by atoms with Crippen LogP contribution in [0.1, 0.15) is 25.8 Å². The Balaban J connectivity index is 1.84. The van der Waals surface area contributed by atoms with Crippen molar-refractivity contribution >= 4 is 38.6 Å². The van der Waals surface area contributed by atoms with Crippen LogP contribution in [0, 0.1) is 5.82 Å². The van der Waals surface area contributed by atoms with Gasteiger partial charge in [-0.25, -0.2) is 19.3 Å². The van der Waals surface area contributed by atoms with Crippen LogP contribution in [0.25, 0.3) is 21.8 Å². The number of aryl methyl sites for hydroxylation is 1. The number of sulfonamides is 1. The molecule has 0 aliphatic heterocycles. The molecule has 4 aromatic rings. The van der Waals surface area contributed by atoms with Gasteiger partial charge in [0.25, 0.3) is 10.0 Å². The summed E-state index contributed by atoms with van der Waals surface area (Å²) in [5.41, 5.74) is 0.458. The van der Waals surface area contributed by atoms with Crippen LogP contribution >= 0.6 is 22.9 Å². The first kappa shape index (κ1) is 23.3. The molecule has 0 amide bonds. The highest BCUT2D eigenvalue weighted by Crippen LogP contribution is 2.42. The number of rotatable bonds is 5. The standard InChI is InChI=1S/C21H20ClFN6O2S2/c1-21(2,3)19-26-17(18(32-19)14-8-10-24-20(22)25-14)12-6-5-7-13(16(12)23)28-33(30,31)15-9-11-29(4)27-15/h5-11,28H,1-4H3. The van der Waals surface area contributed by atoms with Gasteiger partial charge < -0.3 is 0 Å². The summed E-state index contributed by atoms with van der Waals surface area (Å²) in [6.07, 6.45) is 3.00. The number of nitrogens with zero attached hydrogens (tertiary/aromatic N) is 5. The van der Waals surface area contributed by atoms with Gasteiger partial charge in [-0.05, 0) is 35.9 Å². The van der Waals surface area contributed by atoms with Crippen LogP contribution in [0.15, 0.2) is 47.8 Å². The lowest BCUT2D eigenvalue weighted by Crippen LogP contribution is -2.15. The Morgan fingerprint density at radius 1 is 1.15 bits per heavy atom. The zero-order valence-electron chi connectivity index (χ0n) is 18.2. The number of hydrogen-bond acceptors (Lipinski definition) is 7. The lowest BCUT2D eigenvalue weighted by molar-refractivity contribution is 0.585. The fourth-order valence-electron chi connectivity index (χ4n) is 2.99. The number of anilines is 1. The lowest BCUT2D eigenvalue weighted by Gasteiger charge is -2.13. The topological polar surface area (TPSA) is 103 Å². The van der Waals surface area contributed by atoms with E-state index in [1.165, 1.54) is 40.5 Å². The zero-order chi connectivity index (χ0) is 24.0. The minimum Gasteiger partial charge on any atom is -0.275 e. The predicted octanol–water partition coefficient (Wildman–Crippen LogP) is 4.89. The maximum absolute atomic E-state index is 15.6. The monoisotopic (exact) mass is 506 g/mol. The molecule has 0 saturated carbocycles. The van der Waals surface area contributed by atoms with E-state index < -0.39 is 15.8 Å². The largest absolute Gasteiger partial charge is 0.281 e. The van der Waals surface area contributed by atoms with E-state index in [1.807, 2.05) is 20.8 Å². The van der Waals surface area contributed by atoms with E-state index in [-0.39, 0.29) is 27.0 Å². The first-order valence-corrected chi connectivity index (χ1v) is 12.4.